The summed E-state index contributed by atoms with van der Waals surface area (Å²) in [4.78, 5) is 12.0. The van der Waals surface area contributed by atoms with Crippen molar-refractivity contribution in [3.63, 3.8) is 0 Å². The zero-order chi connectivity index (χ0) is 14.7. The predicted octanol–water partition coefficient (Wildman–Crippen LogP) is 1.65. The van der Waals surface area contributed by atoms with Crippen molar-refractivity contribution in [2.75, 3.05) is 23.9 Å². The standard InChI is InChI=1S/C13H16F2N2O2S/c1-16-12-10(14)6-8(7-11(12)15)13(18)17-9-2-4-20(19)5-3-9/h6-7,9,16H,2-5H2,1H3,(H,17,18). The molecular formula is C13H16F2N2O2S. The molecule has 1 aromatic carbocycles. The van der Waals surface area contributed by atoms with Crippen molar-refractivity contribution < 1.29 is 17.8 Å². The van der Waals surface area contributed by atoms with E-state index in [2.05, 4.69) is 10.6 Å². The summed E-state index contributed by atoms with van der Waals surface area (Å²) in [6, 6.07) is 1.92. The second-order valence-electron chi connectivity index (χ2n) is 4.66. The number of hydrogen-bond acceptors (Lipinski definition) is 3. The lowest BCUT2D eigenvalue weighted by Crippen LogP contribution is -2.39. The summed E-state index contributed by atoms with van der Waals surface area (Å²) in [6.45, 7) is 0. The molecule has 0 aliphatic carbocycles. The molecule has 2 N–H and O–H groups in total. The molecule has 1 aliphatic heterocycles. The van der Waals surface area contributed by atoms with Crippen LogP contribution < -0.4 is 10.6 Å². The quantitative estimate of drug-likeness (QED) is 0.892. The Labute approximate surface area is 118 Å². The molecule has 1 saturated heterocycles. The van der Waals surface area contributed by atoms with Gasteiger partial charge in [0.1, 0.15) is 17.3 Å². The van der Waals surface area contributed by atoms with Crippen molar-refractivity contribution in [1.29, 1.82) is 0 Å². The molecule has 7 heteroatoms. The topological polar surface area (TPSA) is 58.2 Å². The fraction of sp³-hybridized carbons (Fsp3) is 0.462. The molecule has 1 heterocycles. The second-order valence-corrected chi connectivity index (χ2v) is 6.36. The molecule has 0 bridgehead atoms. The smallest absolute Gasteiger partial charge is 0.251 e. The van der Waals surface area contributed by atoms with Crippen LogP contribution in [0.3, 0.4) is 0 Å². The van der Waals surface area contributed by atoms with Gasteiger partial charge in [0.2, 0.25) is 0 Å². The lowest BCUT2D eigenvalue weighted by molar-refractivity contribution is 0.0933. The molecule has 0 unspecified atom stereocenters. The van der Waals surface area contributed by atoms with E-state index in [1.54, 1.807) is 0 Å². The highest BCUT2D eigenvalue weighted by Gasteiger charge is 2.21. The first kappa shape index (κ1) is 14.9. The molecule has 0 aromatic heterocycles. The molecule has 1 amide bonds. The summed E-state index contributed by atoms with van der Waals surface area (Å²) >= 11 is 0. The third-order valence-corrected chi connectivity index (χ3v) is 4.66. The Morgan fingerprint density at radius 2 is 1.80 bits per heavy atom. The Hall–Kier alpha value is -1.50. The van der Waals surface area contributed by atoms with Gasteiger partial charge in [-0.15, -0.1) is 0 Å². The molecule has 110 valence electrons. The Balaban J connectivity index is 2.08. The van der Waals surface area contributed by atoms with E-state index in [0.717, 1.165) is 12.1 Å². The van der Waals surface area contributed by atoms with Crippen molar-refractivity contribution >= 4 is 22.4 Å². The zero-order valence-electron chi connectivity index (χ0n) is 11.0. The van der Waals surface area contributed by atoms with Crippen LogP contribution in [-0.4, -0.2) is 34.7 Å². The Morgan fingerprint density at radius 1 is 1.25 bits per heavy atom. The van der Waals surface area contributed by atoms with Gasteiger partial charge in [0.05, 0.1) is 0 Å². The number of amides is 1. The fourth-order valence-electron chi connectivity index (χ4n) is 2.15. The van der Waals surface area contributed by atoms with Crippen LogP contribution in [0.2, 0.25) is 0 Å². The monoisotopic (exact) mass is 302 g/mol. The van der Waals surface area contributed by atoms with Gasteiger partial charge in [0.25, 0.3) is 5.91 Å². The van der Waals surface area contributed by atoms with Crippen molar-refractivity contribution in [1.82, 2.24) is 5.32 Å². The van der Waals surface area contributed by atoms with E-state index in [0.29, 0.717) is 24.3 Å². The van der Waals surface area contributed by atoms with Crippen LogP contribution in [0.1, 0.15) is 23.2 Å². The molecule has 20 heavy (non-hydrogen) atoms. The minimum absolute atomic E-state index is 0.0503. The summed E-state index contributed by atoms with van der Waals surface area (Å²) in [6.07, 6.45) is 1.25. The number of carbonyl (C=O) groups is 1. The van der Waals surface area contributed by atoms with Gasteiger partial charge in [0.15, 0.2) is 0 Å². The van der Waals surface area contributed by atoms with E-state index in [-0.39, 0.29) is 17.3 Å². The lowest BCUT2D eigenvalue weighted by Gasteiger charge is -2.22. The van der Waals surface area contributed by atoms with Crippen molar-refractivity contribution in [2.24, 2.45) is 0 Å². The molecule has 0 saturated carbocycles. The van der Waals surface area contributed by atoms with Crippen LogP contribution in [0.25, 0.3) is 0 Å². The number of benzene rings is 1. The maximum atomic E-state index is 13.6. The van der Waals surface area contributed by atoms with E-state index in [1.807, 2.05) is 0 Å². The molecule has 2 rings (SSSR count). The van der Waals surface area contributed by atoms with Gasteiger partial charge in [-0.25, -0.2) is 8.78 Å². The van der Waals surface area contributed by atoms with Crippen molar-refractivity contribution in [2.45, 2.75) is 18.9 Å². The van der Waals surface area contributed by atoms with Gasteiger partial charge in [-0.2, -0.15) is 0 Å². The Kier molecular flexibility index (Phi) is 4.69. The van der Waals surface area contributed by atoms with Gasteiger partial charge in [-0.05, 0) is 25.0 Å². The van der Waals surface area contributed by atoms with Gasteiger partial charge in [0, 0.05) is 41.0 Å². The molecule has 4 nitrogen and oxygen atoms in total. The van der Waals surface area contributed by atoms with Gasteiger partial charge < -0.3 is 10.6 Å². The summed E-state index contributed by atoms with van der Waals surface area (Å²) in [5, 5.41) is 5.12. The highest BCUT2D eigenvalue weighted by Crippen LogP contribution is 2.20. The maximum absolute atomic E-state index is 13.6. The largest absolute Gasteiger partial charge is 0.383 e. The van der Waals surface area contributed by atoms with E-state index in [4.69, 9.17) is 0 Å². The number of anilines is 1. The van der Waals surface area contributed by atoms with Gasteiger partial charge in [-0.1, -0.05) is 0 Å². The minimum atomic E-state index is -0.811. The first-order valence-electron chi connectivity index (χ1n) is 6.34. The predicted molar refractivity (Wildman–Crippen MR) is 74.3 cm³/mol. The average molecular weight is 302 g/mol. The van der Waals surface area contributed by atoms with E-state index >= 15 is 0 Å². The lowest BCUT2D eigenvalue weighted by atomic mass is 10.1. The van der Waals surface area contributed by atoms with Crippen molar-refractivity contribution in [3.8, 4) is 0 Å². The third-order valence-electron chi connectivity index (χ3n) is 3.28. The number of nitrogens with one attached hydrogen (secondary N) is 2. The summed E-state index contributed by atoms with van der Waals surface area (Å²) in [5.74, 6) is -1.02. The summed E-state index contributed by atoms with van der Waals surface area (Å²) in [5.41, 5.74) is -0.305. The molecular weight excluding hydrogens is 286 g/mol. The van der Waals surface area contributed by atoms with E-state index < -0.39 is 28.3 Å². The van der Waals surface area contributed by atoms with Crippen LogP contribution in [-0.2, 0) is 10.8 Å². The van der Waals surface area contributed by atoms with E-state index in [9.17, 15) is 17.8 Å². The normalized spacial score (nSPS) is 22.4. The number of carbonyl (C=O) groups excluding carboxylic acids is 1. The first-order chi connectivity index (χ1) is 9.51. The van der Waals surface area contributed by atoms with Crippen LogP contribution in [0.4, 0.5) is 14.5 Å². The fourth-order valence-corrected chi connectivity index (χ4v) is 3.45. The van der Waals surface area contributed by atoms with Crippen LogP contribution in [0.5, 0.6) is 0 Å². The molecule has 0 atom stereocenters. The molecule has 0 spiro atoms. The van der Waals surface area contributed by atoms with Crippen LogP contribution in [0, 0.1) is 11.6 Å². The molecule has 1 aromatic rings. The highest BCUT2D eigenvalue weighted by atomic mass is 32.2. The summed E-state index contributed by atoms with van der Waals surface area (Å²) < 4.78 is 38.4. The number of hydrogen-bond donors (Lipinski definition) is 2. The van der Waals surface area contributed by atoms with E-state index in [1.165, 1.54) is 7.05 Å². The minimum Gasteiger partial charge on any atom is -0.383 e. The Morgan fingerprint density at radius 3 is 2.30 bits per heavy atom. The first-order valence-corrected chi connectivity index (χ1v) is 7.82. The summed E-state index contributed by atoms with van der Waals surface area (Å²) in [7, 11) is 0.595. The molecule has 0 radical (unpaired) electrons. The SMILES string of the molecule is CNc1c(F)cc(C(=O)NC2CCS(=O)CC2)cc1F. The van der Waals surface area contributed by atoms with Gasteiger partial charge >= 0.3 is 0 Å². The third kappa shape index (κ3) is 3.33. The van der Waals surface area contributed by atoms with Gasteiger partial charge in [-0.3, -0.25) is 9.00 Å². The van der Waals surface area contributed by atoms with Crippen LogP contribution in [0.15, 0.2) is 12.1 Å². The Bertz CT molecular complexity index is 518. The van der Waals surface area contributed by atoms with Crippen molar-refractivity contribution in [3.05, 3.63) is 29.3 Å². The molecule has 1 fully saturated rings. The number of rotatable bonds is 3. The second kappa shape index (κ2) is 6.30. The average Bonchev–Trinajstić information content (AvgIpc) is 2.41. The molecule has 1 aliphatic rings. The zero-order valence-corrected chi connectivity index (χ0v) is 11.9. The van der Waals surface area contributed by atoms with Crippen LogP contribution >= 0.6 is 0 Å². The maximum Gasteiger partial charge on any atom is 0.251 e. The highest BCUT2D eigenvalue weighted by molar-refractivity contribution is 7.85. The number of halogens is 2.